The number of hydrogen-bond donors (Lipinski definition) is 1. The number of rotatable bonds is 2. The minimum absolute atomic E-state index is 0.00127. The number of ether oxygens (including phenoxy) is 1. The number of carbonyl (C=O) groups is 1. The monoisotopic (exact) mass is 326 g/mol. The van der Waals surface area contributed by atoms with Crippen LogP contribution in [-0.2, 0) is 10.9 Å². The van der Waals surface area contributed by atoms with Crippen LogP contribution in [0.4, 0.5) is 13.2 Å². The molecular formula is C14H9F3N2O2S. The lowest BCUT2D eigenvalue weighted by molar-refractivity contribution is -0.136. The molecule has 3 rings (SSSR count). The summed E-state index contributed by atoms with van der Waals surface area (Å²) < 4.78 is 44.3. The number of carbonyl (C=O) groups excluding carboxylic acids is 1. The second-order valence-electron chi connectivity index (χ2n) is 4.47. The van der Waals surface area contributed by atoms with E-state index in [0.29, 0.717) is 4.88 Å². The molecule has 1 N–H and O–H groups in total. The van der Waals surface area contributed by atoms with Gasteiger partial charge >= 0.3 is 12.1 Å². The maximum atomic E-state index is 13.3. The van der Waals surface area contributed by atoms with Crippen molar-refractivity contribution < 1.29 is 22.7 Å². The number of thiophene rings is 1. The summed E-state index contributed by atoms with van der Waals surface area (Å²) in [4.78, 5) is 18.9. The normalized spacial score (nSPS) is 11.8. The van der Waals surface area contributed by atoms with E-state index in [1.165, 1.54) is 11.3 Å². The Morgan fingerprint density at radius 2 is 2.14 bits per heavy atom. The van der Waals surface area contributed by atoms with Crippen LogP contribution in [0.15, 0.2) is 29.6 Å². The standard InChI is InChI=1S/C14H9F3N2O2S/c1-21-13(20)10-5-7-8(14(15,16)17)6-9(18-12(7)19-10)11-3-2-4-22-11/h2-6H,1H3,(H,18,19). The molecule has 0 unspecified atom stereocenters. The van der Waals surface area contributed by atoms with Crippen LogP contribution < -0.4 is 0 Å². The minimum atomic E-state index is -4.55. The molecule has 0 aliphatic heterocycles. The number of nitrogens with one attached hydrogen (secondary N) is 1. The Morgan fingerprint density at radius 3 is 2.73 bits per heavy atom. The molecule has 0 aliphatic carbocycles. The number of pyridine rings is 1. The maximum Gasteiger partial charge on any atom is 0.417 e. The Bertz CT molecular complexity index is 838. The number of nitrogens with zero attached hydrogens (tertiary/aromatic N) is 1. The first-order valence-electron chi connectivity index (χ1n) is 6.13. The van der Waals surface area contributed by atoms with Gasteiger partial charge in [0.1, 0.15) is 11.3 Å². The number of H-pyrrole nitrogens is 1. The Balaban J connectivity index is 2.28. The number of halogens is 3. The molecule has 0 fully saturated rings. The SMILES string of the molecule is COC(=O)c1cc2c(C(F)(F)F)cc(-c3cccs3)nc2[nH]1. The van der Waals surface area contributed by atoms with Crippen LogP contribution in [-0.4, -0.2) is 23.0 Å². The molecular weight excluding hydrogens is 317 g/mol. The summed E-state index contributed by atoms with van der Waals surface area (Å²) >= 11 is 1.29. The highest BCUT2D eigenvalue weighted by atomic mass is 32.1. The summed E-state index contributed by atoms with van der Waals surface area (Å²) in [5.74, 6) is -0.746. The van der Waals surface area contributed by atoms with Crippen molar-refractivity contribution in [1.82, 2.24) is 9.97 Å². The fourth-order valence-corrected chi connectivity index (χ4v) is 2.80. The van der Waals surface area contributed by atoms with Gasteiger partial charge in [-0.2, -0.15) is 13.2 Å². The quantitative estimate of drug-likeness (QED) is 0.722. The largest absolute Gasteiger partial charge is 0.464 e. The molecule has 0 atom stereocenters. The smallest absolute Gasteiger partial charge is 0.417 e. The number of hydrogen-bond acceptors (Lipinski definition) is 4. The average Bonchev–Trinajstić information content (AvgIpc) is 3.12. The Morgan fingerprint density at radius 1 is 1.36 bits per heavy atom. The van der Waals surface area contributed by atoms with Crippen LogP contribution in [0.5, 0.6) is 0 Å². The molecule has 114 valence electrons. The van der Waals surface area contributed by atoms with E-state index in [1.54, 1.807) is 17.5 Å². The fraction of sp³-hybridized carbons (Fsp3) is 0.143. The van der Waals surface area contributed by atoms with Gasteiger partial charge in [0.15, 0.2) is 0 Å². The molecule has 3 aromatic heterocycles. The lowest BCUT2D eigenvalue weighted by atomic mass is 10.1. The first-order valence-corrected chi connectivity index (χ1v) is 7.01. The minimum Gasteiger partial charge on any atom is -0.464 e. The first kappa shape index (κ1) is 14.6. The zero-order valence-electron chi connectivity index (χ0n) is 11.2. The molecule has 8 heteroatoms. The highest BCUT2D eigenvalue weighted by Crippen LogP contribution is 2.37. The second kappa shape index (κ2) is 5.13. The van der Waals surface area contributed by atoms with E-state index in [-0.39, 0.29) is 22.4 Å². The summed E-state index contributed by atoms with van der Waals surface area (Å²) in [5.41, 5.74) is -0.710. The summed E-state index contributed by atoms with van der Waals surface area (Å²) in [6.45, 7) is 0. The van der Waals surface area contributed by atoms with Crippen LogP contribution in [0.1, 0.15) is 16.1 Å². The molecule has 0 saturated carbocycles. The average molecular weight is 326 g/mol. The van der Waals surface area contributed by atoms with Crippen LogP contribution in [0.2, 0.25) is 0 Å². The predicted octanol–water partition coefficient (Wildman–Crippen LogP) is 4.10. The van der Waals surface area contributed by atoms with Crippen LogP contribution >= 0.6 is 11.3 Å². The number of alkyl halides is 3. The second-order valence-corrected chi connectivity index (χ2v) is 5.41. The molecule has 3 aromatic rings. The van der Waals surface area contributed by atoms with E-state index in [4.69, 9.17) is 0 Å². The van der Waals surface area contributed by atoms with Gasteiger partial charge in [-0.1, -0.05) is 6.07 Å². The first-order chi connectivity index (χ1) is 10.4. The summed E-state index contributed by atoms with van der Waals surface area (Å²) in [5, 5.41) is 1.59. The Kier molecular flexibility index (Phi) is 3.40. The van der Waals surface area contributed by atoms with Gasteiger partial charge in [0.25, 0.3) is 0 Å². The van der Waals surface area contributed by atoms with Crippen LogP contribution in [0.3, 0.4) is 0 Å². The van der Waals surface area contributed by atoms with E-state index in [0.717, 1.165) is 19.2 Å². The molecule has 0 aromatic carbocycles. The van der Waals surface area contributed by atoms with Gasteiger partial charge in [-0.15, -0.1) is 11.3 Å². The van der Waals surface area contributed by atoms with Gasteiger partial charge in [-0.3, -0.25) is 0 Å². The summed E-state index contributed by atoms with van der Waals surface area (Å²) in [7, 11) is 1.16. The molecule has 3 heterocycles. The van der Waals surface area contributed by atoms with E-state index in [2.05, 4.69) is 14.7 Å². The number of esters is 1. The van der Waals surface area contributed by atoms with Crippen molar-refractivity contribution in [2.24, 2.45) is 0 Å². The van der Waals surface area contributed by atoms with Crippen molar-refractivity contribution in [3.05, 3.63) is 40.9 Å². The van der Waals surface area contributed by atoms with Crippen molar-refractivity contribution in [1.29, 1.82) is 0 Å². The Labute approximate surface area is 126 Å². The highest BCUT2D eigenvalue weighted by Gasteiger charge is 2.34. The molecule has 0 aliphatic rings. The lowest BCUT2D eigenvalue weighted by Crippen LogP contribution is -2.06. The molecule has 0 spiro atoms. The molecule has 0 radical (unpaired) electrons. The van der Waals surface area contributed by atoms with Crippen LogP contribution in [0, 0.1) is 0 Å². The van der Waals surface area contributed by atoms with E-state index < -0.39 is 17.7 Å². The van der Waals surface area contributed by atoms with Gasteiger partial charge in [0.2, 0.25) is 0 Å². The van der Waals surface area contributed by atoms with Crippen LogP contribution in [0.25, 0.3) is 21.6 Å². The number of aromatic amines is 1. The third kappa shape index (κ3) is 2.45. The van der Waals surface area contributed by atoms with Gasteiger partial charge in [-0.05, 0) is 23.6 Å². The third-order valence-electron chi connectivity index (χ3n) is 3.08. The van der Waals surface area contributed by atoms with Crippen molar-refractivity contribution in [2.45, 2.75) is 6.18 Å². The molecule has 22 heavy (non-hydrogen) atoms. The molecule has 0 bridgehead atoms. The van der Waals surface area contributed by atoms with Gasteiger partial charge in [0, 0.05) is 5.39 Å². The third-order valence-corrected chi connectivity index (χ3v) is 3.98. The summed E-state index contributed by atoms with van der Waals surface area (Å²) in [6.07, 6.45) is -4.55. The number of aromatic nitrogens is 2. The molecule has 0 amide bonds. The number of fused-ring (bicyclic) bond motifs is 1. The molecule has 0 saturated heterocycles. The van der Waals surface area contributed by atoms with E-state index in [1.807, 2.05) is 0 Å². The zero-order chi connectivity index (χ0) is 15.9. The molecule has 4 nitrogen and oxygen atoms in total. The maximum absolute atomic E-state index is 13.3. The predicted molar refractivity (Wildman–Crippen MR) is 75.7 cm³/mol. The van der Waals surface area contributed by atoms with Crippen molar-refractivity contribution in [3.63, 3.8) is 0 Å². The topological polar surface area (TPSA) is 55.0 Å². The number of methoxy groups -OCH3 is 1. The fourth-order valence-electron chi connectivity index (χ4n) is 2.11. The van der Waals surface area contributed by atoms with E-state index in [9.17, 15) is 18.0 Å². The van der Waals surface area contributed by atoms with Gasteiger partial charge in [0.05, 0.1) is 23.2 Å². The Hall–Kier alpha value is -2.35. The summed E-state index contributed by atoms with van der Waals surface area (Å²) in [6, 6.07) is 5.51. The van der Waals surface area contributed by atoms with Crippen molar-refractivity contribution in [2.75, 3.05) is 7.11 Å². The van der Waals surface area contributed by atoms with Gasteiger partial charge in [-0.25, -0.2) is 9.78 Å². The van der Waals surface area contributed by atoms with Crippen molar-refractivity contribution >= 4 is 28.3 Å². The van der Waals surface area contributed by atoms with E-state index >= 15 is 0 Å². The van der Waals surface area contributed by atoms with Gasteiger partial charge < -0.3 is 9.72 Å². The highest BCUT2D eigenvalue weighted by molar-refractivity contribution is 7.13. The zero-order valence-corrected chi connectivity index (χ0v) is 12.0. The van der Waals surface area contributed by atoms with Crippen molar-refractivity contribution in [3.8, 4) is 10.6 Å². The lowest BCUT2D eigenvalue weighted by Gasteiger charge is -2.09.